The van der Waals surface area contributed by atoms with Crippen LogP contribution in [0.4, 0.5) is 0 Å². The van der Waals surface area contributed by atoms with Crippen LogP contribution in [0, 0.1) is 0 Å². The van der Waals surface area contributed by atoms with Crippen molar-refractivity contribution in [1.29, 1.82) is 0 Å². The van der Waals surface area contributed by atoms with Crippen LogP contribution >= 0.6 is 27.5 Å². The third kappa shape index (κ3) is 7.14. The van der Waals surface area contributed by atoms with Gasteiger partial charge in [0.1, 0.15) is 11.6 Å². The van der Waals surface area contributed by atoms with Gasteiger partial charge in [-0.3, -0.25) is 9.78 Å². The molecule has 0 unspecified atom stereocenters. The maximum absolute atomic E-state index is 13.2. The van der Waals surface area contributed by atoms with Crippen LogP contribution < -0.4 is 0 Å². The third-order valence-corrected chi connectivity index (χ3v) is 6.73. The summed E-state index contributed by atoms with van der Waals surface area (Å²) in [6.45, 7) is 4.50. The highest BCUT2D eigenvalue weighted by Gasteiger charge is 2.20. The van der Waals surface area contributed by atoms with Crippen molar-refractivity contribution in [3.05, 3.63) is 105 Å². The molecule has 1 N–H and O–H groups in total. The highest BCUT2D eigenvalue weighted by Crippen LogP contribution is 2.25. The zero-order valence-electron chi connectivity index (χ0n) is 20.7. The number of phenols is 1. The summed E-state index contributed by atoms with van der Waals surface area (Å²) in [7, 11) is 0. The molecule has 0 saturated carbocycles. The van der Waals surface area contributed by atoms with Crippen molar-refractivity contribution >= 4 is 33.4 Å². The van der Waals surface area contributed by atoms with E-state index in [-0.39, 0.29) is 17.7 Å². The Balaban J connectivity index is 1.45. The lowest BCUT2D eigenvalue weighted by Crippen LogP contribution is -2.36. The molecule has 0 fully saturated rings. The van der Waals surface area contributed by atoms with Gasteiger partial charge in [-0.15, -0.1) is 0 Å². The van der Waals surface area contributed by atoms with Crippen molar-refractivity contribution < 1.29 is 9.90 Å². The smallest absolute Gasteiger partial charge is 0.255 e. The van der Waals surface area contributed by atoms with E-state index in [1.807, 2.05) is 49.1 Å². The molecule has 190 valence electrons. The number of rotatable bonds is 9. The van der Waals surface area contributed by atoms with Gasteiger partial charge in [-0.25, -0.2) is 9.97 Å². The first-order valence-corrected chi connectivity index (χ1v) is 13.3. The second-order valence-corrected chi connectivity index (χ2v) is 10.4. The summed E-state index contributed by atoms with van der Waals surface area (Å²) < 4.78 is 0.774. The van der Waals surface area contributed by atoms with Crippen molar-refractivity contribution in [2.75, 3.05) is 0 Å². The predicted octanol–water partition coefficient (Wildman–Crippen LogP) is 6.89. The van der Waals surface area contributed by atoms with Crippen molar-refractivity contribution in [3.8, 4) is 17.0 Å². The van der Waals surface area contributed by atoms with Gasteiger partial charge in [0.2, 0.25) is 0 Å². The molecule has 0 aliphatic carbocycles. The first kappa shape index (κ1) is 26.8. The molecule has 2 heterocycles. The average molecular weight is 580 g/mol. The van der Waals surface area contributed by atoms with Gasteiger partial charge in [0, 0.05) is 47.6 Å². The number of phenolic OH excluding ortho intramolecular Hbond substituents is 1. The standard InChI is InChI=1S/C29H28BrClN4O2/c1-19(2)35(29(37)23-15-24(30)17-32-16-23)18-21-6-3-7-22(13-21)26-11-12-33-28(34-26)8-4-5-20-9-10-27(36)25(31)14-20/h3,6-7,9-17,19,36H,4-5,8,18H2,1-2H3. The topological polar surface area (TPSA) is 79.2 Å². The molecule has 0 radical (unpaired) electrons. The Bertz CT molecular complexity index is 1400. The SMILES string of the molecule is CC(C)N(Cc1cccc(-c2ccnc(CCCc3ccc(O)c(Cl)c3)n2)c1)C(=O)c1cncc(Br)c1. The van der Waals surface area contributed by atoms with E-state index in [4.69, 9.17) is 16.6 Å². The van der Waals surface area contributed by atoms with Gasteiger partial charge in [-0.1, -0.05) is 35.9 Å². The van der Waals surface area contributed by atoms with Crippen LogP contribution in [-0.4, -0.2) is 36.9 Å². The number of carbonyl (C=O) groups is 1. The lowest BCUT2D eigenvalue weighted by atomic mass is 10.1. The fraction of sp³-hybridized carbons (Fsp3) is 0.241. The van der Waals surface area contributed by atoms with Crippen LogP contribution in [0.5, 0.6) is 5.75 Å². The van der Waals surface area contributed by atoms with Gasteiger partial charge >= 0.3 is 0 Å². The zero-order valence-corrected chi connectivity index (χ0v) is 23.1. The molecule has 37 heavy (non-hydrogen) atoms. The normalized spacial score (nSPS) is 11.1. The van der Waals surface area contributed by atoms with Crippen LogP contribution in [0.25, 0.3) is 11.3 Å². The highest BCUT2D eigenvalue weighted by atomic mass is 79.9. The molecule has 0 bridgehead atoms. The van der Waals surface area contributed by atoms with Gasteiger partial charge in [-0.2, -0.15) is 0 Å². The Morgan fingerprint density at radius 1 is 1.05 bits per heavy atom. The Morgan fingerprint density at radius 2 is 1.89 bits per heavy atom. The number of hydrogen-bond donors (Lipinski definition) is 1. The number of hydrogen-bond acceptors (Lipinski definition) is 5. The summed E-state index contributed by atoms with van der Waals surface area (Å²) in [5.74, 6) is 0.803. The van der Waals surface area contributed by atoms with Crippen molar-refractivity contribution in [3.63, 3.8) is 0 Å². The average Bonchev–Trinajstić information content (AvgIpc) is 2.89. The number of carbonyl (C=O) groups excluding carboxylic acids is 1. The van der Waals surface area contributed by atoms with Crippen LogP contribution in [0.1, 0.15) is 47.6 Å². The number of aryl methyl sites for hydroxylation is 2. The molecule has 4 rings (SSSR count). The summed E-state index contributed by atoms with van der Waals surface area (Å²) in [6, 6.07) is 17.1. The van der Waals surface area contributed by atoms with E-state index in [1.165, 1.54) is 0 Å². The molecule has 0 spiro atoms. The molecule has 2 aromatic heterocycles. The molecule has 4 aromatic rings. The second-order valence-electron chi connectivity index (χ2n) is 9.12. The van der Waals surface area contributed by atoms with E-state index >= 15 is 0 Å². The monoisotopic (exact) mass is 578 g/mol. The van der Waals surface area contributed by atoms with Crippen molar-refractivity contribution in [2.24, 2.45) is 0 Å². The molecule has 0 atom stereocenters. The van der Waals surface area contributed by atoms with E-state index in [9.17, 15) is 9.90 Å². The number of benzene rings is 2. The maximum atomic E-state index is 13.2. The maximum Gasteiger partial charge on any atom is 0.255 e. The largest absolute Gasteiger partial charge is 0.506 e. The van der Waals surface area contributed by atoms with E-state index in [0.29, 0.717) is 17.1 Å². The molecule has 0 aliphatic heterocycles. The van der Waals surface area contributed by atoms with Crippen LogP contribution in [0.2, 0.25) is 5.02 Å². The molecule has 0 aliphatic rings. The van der Waals surface area contributed by atoms with E-state index in [0.717, 1.165) is 51.9 Å². The Kier molecular flexibility index (Phi) is 8.90. The highest BCUT2D eigenvalue weighted by molar-refractivity contribution is 9.10. The second kappa shape index (κ2) is 12.3. The predicted molar refractivity (Wildman–Crippen MR) is 150 cm³/mol. The Morgan fingerprint density at radius 3 is 2.65 bits per heavy atom. The summed E-state index contributed by atoms with van der Waals surface area (Å²) in [5.41, 5.74) is 4.46. The van der Waals surface area contributed by atoms with Gasteiger partial charge < -0.3 is 10.0 Å². The van der Waals surface area contributed by atoms with Crippen LogP contribution in [-0.2, 0) is 19.4 Å². The molecule has 0 saturated heterocycles. The molecule has 6 nitrogen and oxygen atoms in total. The number of nitrogens with zero attached hydrogens (tertiary/aromatic N) is 4. The van der Waals surface area contributed by atoms with Gasteiger partial charge in [0.15, 0.2) is 0 Å². The number of aromatic nitrogens is 3. The van der Waals surface area contributed by atoms with Crippen molar-refractivity contribution in [2.45, 2.75) is 45.7 Å². The van der Waals surface area contributed by atoms with Crippen LogP contribution in [0.3, 0.4) is 0 Å². The Hall–Kier alpha value is -3.29. The lowest BCUT2D eigenvalue weighted by molar-refractivity contribution is 0.0690. The minimum Gasteiger partial charge on any atom is -0.506 e. The fourth-order valence-electron chi connectivity index (χ4n) is 4.05. The first-order chi connectivity index (χ1) is 17.8. The molecule has 1 amide bonds. The van der Waals surface area contributed by atoms with E-state index < -0.39 is 0 Å². The van der Waals surface area contributed by atoms with E-state index in [1.54, 1.807) is 36.8 Å². The van der Waals surface area contributed by atoms with Gasteiger partial charge in [0.05, 0.1) is 16.3 Å². The first-order valence-electron chi connectivity index (χ1n) is 12.1. The molecule has 2 aromatic carbocycles. The summed E-state index contributed by atoms with van der Waals surface area (Å²) in [6.07, 6.45) is 7.45. The lowest BCUT2D eigenvalue weighted by Gasteiger charge is -2.27. The Labute approximate surface area is 230 Å². The summed E-state index contributed by atoms with van der Waals surface area (Å²) in [4.78, 5) is 28.4. The molecular weight excluding hydrogens is 552 g/mol. The number of halogens is 2. The van der Waals surface area contributed by atoms with Crippen molar-refractivity contribution in [1.82, 2.24) is 19.9 Å². The molecular formula is C29H28BrClN4O2. The van der Waals surface area contributed by atoms with Crippen LogP contribution in [0.15, 0.2) is 77.7 Å². The molecule has 8 heteroatoms. The quantitative estimate of drug-likeness (QED) is 0.234. The van der Waals surface area contributed by atoms with E-state index in [2.05, 4.69) is 32.0 Å². The minimum absolute atomic E-state index is 0.0178. The van der Waals surface area contributed by atoms with Gasteiger partial charge in [0.25, 0.3) is 5.91 Å². The minimum atomic E-state index is -0.0616. The fourth-order valence-corrected chi connectivity index (χ4v) is 4.61. The van der Waals surface area contributed by atoms with Gasteiger partial charge in [-0.05, 0) is 84.1 Å². The number of aromatic hydroxyl groups is 1. The summed E-state index contributed by atoms with van der Waals surface area (Å²) >= 11 is 9.41. The summed E-state index contributed by atoms with van der Waals surface area (Å²) in [5, 5.41) is 9.96. The number of amides is 1. The third-order valence-electron chi connectivity index (χ3n) is 6.00. The zero-order chi connectivity index (χ0) is 26.4. The number of pyridine rings is 1.